The van der Waals surface area contributed by atoms with Crippen molar-refractivity contribution in [2.75, 3.05) is 7.11 Å². The maximum absolute atomic E-state index is 12.3. The fourth-order valence-electron chi connectivity index (χ4n) is 1.60. The van der Waals surface area contributed by atoms with E-state index in [0.717, 1.165) is 10.2 Å². The van der Waals surface area contributed by atoms with E-state index >= 15 is 0 Å². The van der Waals surface area contributed by atoms with Crippen LogP contribution in [0.3, 0.4) is 0 Å². The standard InChI is InChI=1S/C11H10F3N3O/c1-18-16-5-8-2-3-10-9(4-8)6-15-17(10)7-11(12,13)14/h2-6H,7H2,1H3. The molecule has 0 unspecified atom stereocenters. The van der Waals surface area contributed by atoms with Crippen LogP contribution < -0.4 is 0 Å². The lowest BCUT2D eigenvalue weighted by Gasteiger charge is -2.07. The molecule has 18 heavy (non-hydrogen) atoms. The third-order valence-electron chi connectivity index (χ3n) is 2.30. The van der Waals surface area contributed by atoms with Gasteiger partial charge < -0.3 is 4.84 Å². The third kappa shape index (κ3) is 2.79. The fraction of sp³-hybridized carbons (Fsp3) is 0.273. The van der Waals surface area contributed by atoms with E-state index in [9.17, 15) is 13.2 Å². The molecular weight excluding hydrogens is 247 g/mol. The van der Waals surface area contributed by atoms with Crippen molar-refractivity contribution in [3.8, 4) is 0 Å². The first-order valence-corrected chi connectivity index (χ1v) is 5.08. The van der Waals surface area contributed by atoms with Gasteiger partial charge in [-0.15, -0.1) is 0 Å². The molecule has 0 fully saturated rings. The van der Waals surface area contributed by atoms with Crippen LogP contribution in [0.2, 0.25) is 0 Å². The second-order valence-corrected chi connectivity index (χ2v) is 3.65. The normalized spacial score (nSPS) is 12.4. The van der Waals surface area contributed by atoms with Gasteiger partial charge in [-0.25, -0.2) is 0 Å². The molecular formula is C11H10F3N3O. The van der Waals surface area contributed by atoms with E-state index in [2.05, 4.69) is 15.1 Å². The van der Waals surface area contributed by atoms with E-state index in [4.69, 9.17) is 0 Å². The highest BCUT2D eigenvalue weighted by molar-refractivity contribution is 5.88. The number of hydrogen-bond acceptors (Lipinski definition) is 3. The molecule has 0 aliphatic rings. The van der Waals surface area contributed by atoms with E-state index < -0.39 is 12.7 Å². The van der Waals surface area contributed by atoms with Crippen molar-refractivity contribution >= 4 is 17.1 Å². The molecule has 1 heterocycles. The van der Waals surface area contributed by atoms with Crippen molar-refractivity contribution in [3.63, 3.8) is 0 Å². The number of aromatic nitrogens is 2. The van der Waals surface area contributed by atoms with Crippen LogP contribution in [0, 0.1) is 0 Å². The van der Waals surface area contributed by atoms with Gasteiger partial charge in [0.1, 0.15) is 13.7 Å². The molecule has 0 aliphatic carbocycles. The van der Waals surface area contributed by atoms with Gasteiger partial charge >= 0.3 is 6.18 Å². The summed E-state index contributed by atoms with van der Waals surface area (Å²) in [6, 6.07) is 4.92. The van der Waals surface area contributed by atoms with Gasteiger partial charge in [0.2, 0.25) is 0 Å². The second kappa shape index (κ2) is 4.67. The Bertz CT molecular complexity index is 574. The minimum absolute atomic E-state index is 0.432. The molecule has 0 amide bonds. The first kappa shape index (κ1) is 12.4. The molecule has 0 spiro atoms. The number of nitrogens with zero attached hydrogens (tertiary/aromatic N) is 3. The van der Waals surface area contributed by atoms with Crippen LogP contribution in [0.25, 0.3) is 10.9 Å². The highest BCUT2D eigenvalue weighted by atomic mass is 19.4. The van der Waals surface area contributed by atoms with Crippen molar-refractivity contribution in [2.24, 2.45) is 5.16 Å². The quantitative estimate of drug-likeness (QED) is 0.626. The summed E-state index contributed by atoms with van der Waals surface area (Å²) in [5, 5.41) is 7.93. The average molecular weight is 257 g/mol. The Hall–Kier alpha value is -2.05. The lowest BCUT2D eigenvalue weighted by atomic mass is 10.2. The smallest absolute Gasteiger partial charge is 0.399 e. The van der Waals surface area contributed by atoms with Gasteiger partial charge in [0.25, 0.3) is 0 Å². The largest absolute Gasteiger partial charge is 0.408 e. The van der Waals surface area contributed by atoms with Crippen molar-refractivity contribution < 1.29 is 18.0 Å². The predicted octanol–water partition coefficient (Wildman–Crippen LogP) is 2.58. The number of alkyl halides is 3. The van der Waals surface area contributed by atoms with Gasteiger partial charge in [-0.2, -0.15) is 18.3 Å². The first-order valence-electron chi connectivity index (χ1n) is 5.08. The Morgan fingerprint density at radius 3 is 2.89 bits per heavy atom. The van der Waals surface area contributed by atoms with Crippen LogP contribution in [0.5, 0.6) is 0 Å². The zero-order chi connectivity index (χ0) is 13.2. The first-order chi connectivity index (χ1) is 8.49. The molecule has 0 aliphatic heterocycles. The van der Waals surface area contributed by atoms with Crippen LogP contribution in [-0.4, -0.2) is 29.3 Å². The van der Waals surface area contributed by atoms with Crippen molar-refractivity contribution in [1.29, 1.82) is 0 Å². The summed E-state index contributed by atoms with van der Waals surface area (Å²) in [6.07, 6.45) is -1.42. The average Bonchev–Trinajstić information content (AvgIpc) is 2.67. The highest BCUT2D eigenvalue weighted by Gasteiger charge is 2.29. The van der Waals surface area contributed by atoms with Gasteiger partial charge in [-0.3, -0.25) is 4.68 Å². The monoisotopic (exact) mass is 257 g/mol. The maximum atomic E-state index is 12.3. The van der Waals surface area contributed by atoms with Gasteiger partial charge in [-0.1, -0.05) is 11.2 Å². The van der Waals surface area contributed by atoms with Crippen molar-refractivity contribution in [3.05, 3.63) is 30.0 Å². The summed E-state index contributed by atoms with van der Waals surface area (Å²) in [6.45, 7) is -1.10. The molecule has 0 N–H and O–H groups in total. The van der Waals surface area contributed by atoms with Crippen LogP contribution >= 0.6 is 0 Å². The molecule has 2 aromatic rings. The number of halogens is 3. The van der Waals surface area contributed by atoms with Gasteiger partial charge in [0.15, 0.2) is 0 Å². The minimum atomic E-state index is -4.28. The molecule has 0 saturated heterocycles. The minimum Gasteiger partial charge on any atom is -0.399 e. The Kier molecular flexibility index (Phi) is 3.22. The third-order valence-corrected chi connectivity index (χ3v) is 2.30. The maximum Gasteiger partial charge on any atom is 0.408 e. The Labute approximate surface area is 101 Å². The van der Waals surface area contributed by atoms with E-state index in [1.165, 1.54) is 19.5 Å². The number of oxime groups is 1. The summed E-state index contributed by atoms with van der Waals surface area (Å²) in [5.41, 5.74) is 1.16. The zero-order valence-electron chi connectivity index (χ0n) is 9.48. The van der Waals surface area contributed by atoms with Crippen LogP contribution in [0.1, 0.15) is 5.56 Å². The summed E-state index contributed by atoms with van der Waals surface area (Å²) in [4.78, 5) is 4.53. The molecule has 96 valence electrons. The Morgan fingerprint density at radius 2 is 2.22 bits per heavy atom. The van der Waals surface area contributed by atoms with E-state index in [1.807, 2.05) is 0 Å². The lowest BCUT2D eigenvalue weighted by Crippen LogP contribution is -2.18. The van der Waals surface area contributed by atoms with Crippen LogP contribution in [-0.2, 0) is 11.4 Å². The number of benzene rings is 1. The Morgan fingerprint density at radius 1 is 1.44 bits per heavy atom. The van der Waals surface area contributed by atoms with Crippen molar-refractivity contribution in [2.45, 2.75) is 12.7 Å². The SMILES string of the molecule is CON=Cc1ccc2c(cnn2CC(F)(F)F)c1. The topological polar surface area (TPSA) is 39.4 Å². The lowest BCUT2D eigenvalue weighted by molar-refractivity contribution is -0.141. The number of hydrogen-bond donors (Lipinski definition) is 0. The molecule has 2 rings (SSSR count). The number of fused-ring (bicyclic) bond motifs is 1. The van der Waals surface area contributed by atoms with Gasteiger partial charge in [-0.05, 0) is 17.7 Å². The molecule has 1 aromatic heterocycles. The van der Waals surface area contributed by atoms with Gasteiger partial charge in [0.05, 0.1) is 17.9 Å². The second-order valence-electron chi connectivity index (χ2n) is 3.65. The predicted molar refractivity (Wildman–Crippen MR) is 60.4 cm³/mol. The summed E-state index contributed by atoms with van der Waals surface area (Å²) >= 11 is 0. The summed E-state index contributed by atoms with van der Waals surface area (Å²) in [7, 11) is 1.41. The molecule has 0 radical (unpaired) electrons. The van der Waals surface area contributed by atoms with E-state index in [1.54, 1.807) is 18.2 Å². The van der Waals surface area contributed by atoms with Gasteiger partial charge in [0, 0.05) is 5.39 Å². The molecule has 0 saturated carbocycles. The highest BCUT2D eigenvalue weighted by Crippen LogP contribution is 2.21. The van der Waals surface area contributed by atoms with Crippen LogP contribution in [0.4, 0.5) is 13.2 Å². The Balaban J connectivity index is 2.35. The van der Waals surface area contributed by atoms with Crippen LogP contribution in [0.15, 0.2) is 29.6 Å². The summed E-state index contributed by atoms with van der Waals surface area (Å²) in [5.74, 6) is 0. The van der Waals surface area contributed by atoms with Crippen molar-refractivity contribution in [1.82, 2.24) is 9.78 Å². The molecule has 7 heteroatoms. The molecule has 0 atom stereocenters. The van der Waals surface area contributed by atoms with E-state index in [0.29, 0.717) is 10.9 Å². The molecule has 1 aromatic carbocycles. The molecule has 4 nitrogen and oxygen atoms in total. The van der Waals surface area contributed by atoms with E-state index in [-0.39, 0.29) is 0 Å². The number of rotatable bonds is 3. The fourth-order valence-corrected chi connectivity index (χ4v) is 1.60. The summed E-state index contributed by atoms with van der Waals surface area (Å²) < 4.78 is 37.8. The molecule has 0 bridgehead atoms. The zero-order valence-corrected chi connectivity index (χ0v) is 9.48.